The molecule has 0 aliphatic heterocycles. The van der Waals surface area contributed by atoms with Gasteiger partial charge >= 0.3 is 0 Å². The first-order valence-corrected chi connectivity index (χ1v) is 10.9. The number of benzene rings is 1. The summed E-state index contributed by atoms with van der Waals surface area (Å²) in [7, 11) is -3.93. The van der Waals surface area contributed by atoms with Gasteiger partial charge in [0.1, 0.15) is 0 Å². The third-order valence-corrected chi connectivity index (χ3v) is 7.16. The summed E-state index contributed by atoms with van der Waals surface area (Å²) >= 11 is 0. The molecule has 3 nitrogen and oxygen atoms in total. The topological polar surface area (TPSA) is 54.4 Å². The average molecular weight is 369 g/mol. The third-order valence-electron chi connectivity index (χ3n) is 5.91. The van der Waals surface area contributed by atoms with Crippen LogP contribution in [0.5, 0.6) is 0 Å². The molecule has 1 unspecified atom stereocenters. The molecular formula is C21H36O3S. The van der Waals surface area contributed by atoms with Crippen LogP contribution in [0, 0.1) is 0 Å². The van der Waals surface area contributed by atoms with Gasteiger partial charge in [-0.25, -0.2) is 0 Å². The average Bonchev–Trinajstić information content (AvgIpc) is 2.53. The van der Waals surface area contributed by atoms with E-state index in [-0.39, 0.29) is 10.8 Å². The van der Waals surface area contributed by atoms with E-state index in [1.165, 1.54) is 16.7 Å². The first kappa shape index (κ1) is 22.2. The largest absolute Gasteiger partial charge is 0.285 e. The Morgan fingerprint density at radius 1 is 0.960 bits per heavy atom. The van der Waals surface area contributed by atoms with E-state index in [9.17, 15) is 8.42 Å². The van der Waals surface area contributed by atoms with Gasteiger partial charge in [-0.2, -0.15) is 8.42 Å². The molecular weight excluding hydrogens is 332 g/mol. The van der Waals surface area contributed by atoms with Crippen molar-refractivity contribution in [2.75, 3.05) is 0 Å². The zero-order valence-electron chi connectivity index (χ0n) is 17.0. The SMILES string of the molecule is CCC(C)(C)c1cc(CCCC(C)S(=O)(=O)O)cc(C(C)(C)CC)c1. The second-order valence-corrected chi connectivity index (χ2v) is 10.4. The maximum absolute atomic E-state index is 11.2. The maximum Gasteiger partial charge on any atom is 0.267 e. The van der Waals surface area contributed by atoms with Gasteiger partial charge in [0, 0.05) is 0 Å². The lowest BCUT2D eigenvalue weighted by Crippen LogP contribution is -2.21. The molecule has 0 saturated carbocycles. The first-order chi connectivity index (χ1) is 11.3. The smallest absolute Gasteiger partial charge is 0.267 e. The Bertz CT molecular complexity index is 638. The molecule has 0 fully saturated rings. The quantitative estimate of drug-likeness (QED) is 0.572. The standard InChI is InChI=1S/C21H36O3S/c1-8-20(4,5)18-13-17(12-10-11-16(3)25(22,23)24)14-19(15-18)21(6,7)9-2/h13-16H,8-12H2,1-7H3,(H,22,23,24). The van der Waals surface area contributed by atoms with Crippen LogP contribution in [-0.2, 0) is 27.4 Å². The molecule has 1 rings (SSSR count). The van der Waals surface area contributed by atoms with E-state index in [4.69, 9.17) is 4.55 Å². The fourth-order valence-corrected chi connectivity index (χ4v) is 3.23. The molecule has 1 N–H and O–H groups in total. The highest BCUT2D eigenvalue weighted by molar-refractivity contribution is 7.86. The summed E-state index contributed by atoms with van der Waals surface area (Å²) < 4.78 is 31.5. The summed E-state index contributed by atoms with van der Waals surface area (Å²) in [4.78, 5) is 0. The fraction of sp³-hybridized carbons (Fsp3) is 0.714. The summed E-state index contributed by atoms with van der Waals surface area (Å²) in [5, 5.41) is -0.700. The van der Waals surface area contributed by atoms with Crippen molar-refractivity contribution < 1.29 is 13.0 Å². The van der Waals surface area contributed by atoms with E-state index >= 15 is 0 Å². The lowest BCUT2D eigenvalue weighted by molar-refractivity contribution is 0.464. The molecule has 0 aliphatic rings. The van der Waals surface area contributed by atoms with Crippen molar-refractivity contribution >= 4 is 10.1 Å². The Morgan fingerprint density at radius 2 is 1.40 bits per heavy atom. The minimum absolute atomic E-state index is 0.121. The molecule has 0 aromatic heterocycles. The van der Waals surface area contributed by atoms with Crippen molar-refractivity contribution in [3.05, 3.63) is 34.9 Å². The van der Waals surface area contributed by atoms with Crippen molar-refractivity contribution in [3.63, 3.8) is 0 Å². The Morgan fingerprint density at radius 3 is 1.76 bits per heavy atom. The van der Waals surface area contributed by atoms with Crippen molar-refractivity contribution in [3.8, 4) is 0 Å². The van der Waals surface area contributed by atoms with E-state index in [0.29, 0.717) is 6.42 Å². The highest BCUT2D eigenvalue weighted by Crippen LogP contribution is 2.34. The Balaban J connectivity index is 3.10. The maximum atomic E-state index is 11.2. The molecule has 0 saturated heterocycles. The Labute approximate surface area is 155 Å². The lowest BCUT2D eigenvalue weighted by atomic mass is 9.75. The predicted molar refractivity (Wildman–Crippen MR) is 107 cm³/mol. The molecule has 1 atom stereocenters. The van der Waals surface area contributed by atoms with Gasteiger partial charge in [0.25, 0.3) is 10.1 Å². The van der Waals surface area contributed by atoms with Crippen LogP contribution in [0.3, 0.4) is 0 Å². The third kappa shape index (κ3) is 6.10. The van der Waals surface area contributed by atoms with Gasteiger partial charge in [-0.3, -0.25) is 4.55 Å². The number of rotatable bonds is 9. The molecule has 0 bridgehead atoms. The van der Waals surface area contributed by atoms with Crippen molar-refractivity contribution in [1.29, 1.82) is 0 Å². The van der Waals surface area contributed by atoms with Crippen LogP contribution < -0.4 is 0 Å². The minimum Gasteiger partial charge on any atom is -0.285 e. The monoisotopic (exact) mass is 368 g/mol. The van der Waals surface area contributed by atoms with Gasteiger partial charge in [0.05, 0.1) is 5.25 Å². The van der Waals surface area contributed by atoms with Gasteiger partial charge in [-0.1, -0.05) is 59.7 Å². The highest BCUT2D eigenvalue weighted by Gasteiger charge is 2.24. The molecule has 0 amide bonds. The van der Waals surface area contributed by atoms with Crippen LogP contribution in [0.15, 0.2) is 18.2 Å². The van der Waals surface area contributed by atoms with Gasteiger partial charge in [-0.05, 0) is 66.5 Å². The van der Waals surface area contributed by atoms with Gasteiger partial charge < -0.3 is 0 Å². The zero-order valence-corrected chi connectivity index (χ0v) is 17.8. The first-order valence-electron chi connectivity index (χ1n) is 9.44. The van der Waals surface area contributed by atoms with Crippen LogP contribution >= 0.6 is 0 Å². The van der Waals surface area contributed by atoms with Crippen LogP contribution in [0.4, 0.5) is 0 Å². The van der Waals surface area contributed by atoms with E-state index in [0.717, 1.165) is 25.7 Å². The van der Waals surface area contributed by atoms with Crippen molar-refractivity contribution in [2.45, 2.75) is 96.7 Å². The Hall–Kier alpha value is -0.870. The molecule has 4 heteroatoms. The highest BCUT2D eigenvalue weighted by atomic mass is 32.2. The van der Waals surface area contributed by atoms with Gasteiger partial charge in [0.15, 0.2) is 0 Å². The number of aryl methyl sites for hydroxylation is 1. The minimum atomic E-state index is -3.93. The van der Waals surface area contributed by atoms with Gasteiger partial charge in [0.2, 0.25) is 0 Å². The number of hydrogen-bond donors (Lipinski definition) is 1. The van der Waals surface area contributed by atoms with Crippen LogP contribution in [0.25, 0.3) is 0 Å². The fourth-order valence-electron chi connectivity index (χ4n) is 2.77. The van der Waals surface area contributed by atoms with Gasteiger partial charge in [-0.15, -0.1) is 0 Å². The summed E-state index contributed by atoms with van der Waals surface area (Å²) in [5.74, 6) is 0. The van der Waals surface area contributed by atoms with Crippen LogP contribution in [-0.4, -0.2) is 18.2 Å². The summed E-state index contributed by atoms with van der Waals surface area (Å²) in [6.45, 7) is 15.1. The molecule has 1 aromatic rings. The second-order valence-electron chi connectivity index (χ2n) is 8.61. The van der Waals surface area contributed by atoms with Crippen LogP contribution in [0.2, 0.25) is 0 Å². The molecule has 1 aromatic carbocycles. The van der Waals surface area contributed by atoms with Crippen molar-refractivity contribution in [2.24, 2.45) is 0 Å². The molecule has 0 radical (unpaired) electrons. The lowest BCUT2D eigenvalue weighted by Gasteiger charge is -2.30. The molecule has 0 spiro atoms. The summed E-state index contributed by atoms with van der Waals surface area (Å²) in [6, 6.07) is 6.89. The number of hydrogen-bond acceptors (Lipinski definition) is 2. The normalized spacial score (nSPS) is 14.6. The summed E-state index contributed by atoms with van der Waals surface area (Å²) in [5.41, 5.74) is 4.21. The van der Waals surface area contributed by atoms with E-state index in [1.807, 2.05) is 0 Å². The molecule has 144 valence electrons. The van der Waals surface area contributed by atoms with Crippen molar-refractivity contribution in [1.82, 2.24) is 0 Å². The second kappa shape index (κ2) is 8.22. The van der Waals surface area contributed by atoms with E-state index < -0.39 is 15.4 Å². The summed E-state index contributed by atoms with van der Waals surface area (Å²) in [6.07, 6.45) is 4.21. The Kier molecular flexibility index (Phi) is 7.29. The molecule has 0 heterocycles. The molecule has 25 heavy (non-hydrogen) atoms. The molecule has 0 aliphatic carbocycles. The predicted octanol–water partition coefficient (Wildman–Crippen LogP) is 5.66. The van der Waals surface area contributed by atoms with Crippen LogP contribution in [0.1, 0.15) is 90.8 Å². The van der Waals surface area contributed by atoms with E-state index in [1.54, 1.807) is 6.92 Å². The zero-order chi connectivity index (χ0) is 19.5. The van der Waals surface area contributed by atoms with E-state index in [2.05, 4.69) is 59.7 Å².